The molecule has 2 heterocycles. The maximum atomic E-state index is 11.4. The number of rotatable bonds is 6. The summed E-state index contributed by atoms with van der Waals surface area (Å²) >= 11 is 1.67. The van der Waals surface area contributed by atoms with Crippen LogP contribution in [-0.2, 0) is 13.1 Å². The van der Waals surface area contributed by atoms with Gasteiger partial charge in [-0.2, -0.15) is 4.98 Å². The van der Waals surface area contributed by atoms with E-state index in [0.717, 1.165) is 10.7 Å². The Balaban J connectivity index is 1.93. The van der Waals surface area contributed by atoms with Crippen molar-refractivity contribution in [2.45, 2.75) is 32.9 Å². The van der Waals surface area contributed by atoms with E-state index in [1.165, 1.54) is 7.05 Å². The molecule has 114 valence electrons. The topological polar surface area (TPSA) is 84.2 Å². The molecule has 0 fully saturated rings. The summed E-state index contributed by atoms with van der Waals surface area (Å²) in [5.74, 6) is 0.556. The number of nitrogens with one attached hydrogen (secondary N) is 1. The van der Waals surface area contributed by atoms with E-state index in [0.29, 0.717) is 24.9 Å². The molecule has 0 aliphatic carbocycles. The van der Waals surface area contributed by atoms with E-state index in [4.69, 9.17) is 4.52 Å². The lowest BCUT2D eigenvalue weighted by Gasteiger charge is -2.11. The van der Waals surface area contributed by atoms with Crippen LogP contribution in [0.4, 0.5) is 0 Å². The third kappa shape index (κ3) is 4.08. The fourth-order valence-electron chi connectivity index (χ4n) is 1.75. The molecule has 2 aromatic rings. The van der Waals surface area contributed by atoms with Crippen molar-refractivity contribution in [1.82, 2.24) is 25.3 Å². The van der Waals surface area contributed by atoms with Crippen LogP contribution in [0.15, 0.2) is 9.90 Å². The van der Waals surface area contributed by atoms with E-state index < -0.39 is 0 Å². The third-order valence-corrected chi connectivity index (χ3v) is 3.99. The monoisotopic (exact) mass is 309 g/mol. The SMILES string of the molecule is CNC(=O)c1noc(CN(C)Cc2csc(C(C)C)n2)n1. The maximum Gasteiger partial charge on any atom is 0.292 e. The lowest BCUT2D eigenvalue weighted by molar-refractivity contribution is 0.0950. The lowest BCUT2D eigenvalue weighted by Crippen LogP contribution is -2.20. The molecule has 0 aromatic carbocycles. The highest BCUT2D eigenvalue weighted by molar-refractivity contribution is 7.09. The number of amides is 1. The molecule has 21 heavy (non-hydrogen) atoms. The molecule has 0 spiro atoms. The van der Waals surface area contributed by atoms with Gasteiger partial charge in [-0.25, -0.2) is 4.98 Å². The summed E-state index contributed by atoms with van der Waals surface area (Å²) in [6.07, 6.45) is 0. The summed E-state index contributed by atoms with van der Waals surface area (Å²) in [5.41, 5.74) is 1.03. The number of thiazole rings is 1. The van der Waals surface area contributed by atoms with Crippen LogP contribution in [0.5, 0.6) is 0 Å². The first-order chi connectivity index (χ1) is 9.99. The van der Waals surface area contributed by atoms with Gasteiger partial charge in [-0.3, -0.25) is 9.69 Å². The Hall–Kier alpha value is -1.80. The van der Waals surface area contributed by atoms with Gasteiger partial charge in [0, 0.05) is 24.9 Å². The average Bonchev–Trinajstić information content (AvgIpc) is 3.07. The fraction of sp³-hybridized carbons (Fsp3) is 0.538. The predicted octanol–water partition coefficient (Wildman–Crippen LogP) is 1.64. The first-order valence-corrected chi connectivity index (χ1v) is 7.55. The molecule has 0 unspecified atom stereocenters. The van der Waals surface area contributed by atoms with Gasteiger partial charge in [-0.15, -0.1) is 11.3 Å². The highest BCUT2D eigenvalue weighted by Crippen LogP contribution is 2.20. The molecular weight excluding hydrogens is 290 g/mol. The van der Waals surface area contributed by atoms with Crippen molar-refractivity contribution in [1.29, 1.82) is 0 Å². The Bertz CT molecular complexity index is 607. The quantitative estimate of drug-likeness (QED) is 0.873. The van der Waals surface area contributed by atoms with Crippen LogP contribution in [0.3, 0.4) is 0 Å². The van der Waals surface area contributed by atoms with Crippen molar-refractivity contribution in [3.05, 3.63) is 27.8 Å². The van der Waals surface area contributed by atoms with Crippen LogP contribution in [0.2, 0.25) is 0 Å². The zero-order chi connectivity index (χ0) is 15.4. The first kappa shape index (κ1) is 15.6. The highest BCUT2D eigenvalue weighted by atomic mass is 32.1. The molecule has 2 rings (SSSR count). The van der Waals surface area contributed by atoms with Gasteiger partial charge in [0.25, 0.3) is 11.7 Å². The van der Waals surface area contributed by atoms with Crippen LogP contribution in [0.1, 0.15) is 47.0 Å². The van der Waals surface area contributed by atoms with E-state index in [-0.39, 0.29) is 11.7 Å². The van der Waals surface area contributed by atoms with Gasteiger partial charge in [0.05, 0.1) is 17.2 Å². The molecule has 0 radical (unpaired) electrons. The fourth-order valence-corrected chi connectivity index (χ4v) is 2.57. The molecule has 0 saturated heterocycles. The Morgan fingerprint density at radius 3 is 2.81 bits per heavy atom. The van der Waals surface area contributed by atoms with Crippen molar-refractivity contribution in [3.63, 3.8) is 0 Å². The van der Waals surface area contributed by atoms with Crippen molar-refractivity contribution in [2.24, 2.45) is 0 Å². The molecule has 1 N–H and O–H groups in total. The average molecular weight is 309 g/mol. The molecule has 0 saturated carbocycles. The predicted molar refractivity (Wildman–Crippen MR) is 79.1 cm³/mol. The van der Waals surface area contributed by atoms with Gasteiger partial charge in [0.15, 0.2) is 0 Å². The Labute approximate surface area is 127 Å². The summed E-state index contributed by atoms with van der Waals surface area (Å²) in [6.45, 7) is 5.43. The molecule has 1 amide bonds. The van der Waals surface area contributed by atoms with Crippen molar-refractivity contribution in [3.8, 4) is 0 Å². The number of carbonyl (C=O) groups excluding carboxylic acids is 1. The van der Waals surface area contributed by atoms with E-state index >= 15 is 0 Å². The van der Waals surface area contributed by atoms with Crippen LogP contribution >= 0.6 is 11.3 Å². The van der Waals surface area contributed by atoms with Crippen LogP contribution < -0.4 is 5.32 Å². The standard InChI is InChI=1S/C13H19N5O2S/c1-8(2)13-15-9(7-21-13)5-18(4)6-10-16-11(17-20-10)12(19)14-3/h7-8H,5-6H2,1-4H3,(H,14,19). The van der Waals surface area contributed by atoms with Gasteiger partial charge in [-0.1, -0.05) is 19.0 Å². The second-order valence-corrected chi connectivity index (χ2v) is 5.98. The number of carbonyl (C=O) groups is 1. The second-order valence-electron chi connectivity index (χ2n) is 5.09. The van der Waals surface area contributed by atoms with Gasteiger partial charge >= 0.3 is 0 Å². The van der Waals surface area contributed by atoms with E-state index in [1.807, 2.05) is 11.9 Å². The smallest absolute Gasteiger partial charge is 0.292 e. The normalized spacial score (nSPS) is 11.3. The van der Waals surface area contributed by atoms with Crippen molar-refractivity contribution in [2.75, 3.05) is 14.1 Å². The van der Waals surface area contributed by atoms with Gasteiger partial charge in [0.1, 0.15) is 0 Å². The molecule has 8 heteroatoms. The van der Waals surface area contributed by atoms with Gasteiger partial charge < -0.3 is 9.84 Å². The van der Waals surface area contributed by atoms with Crippen molar-refractivity contribution >= 4 is 17.2 Å². The summed E-state index contributed by atoms with van der Waals surface area (Å²) in [5, 5.41) is 9.29. The third-order valence-electron chi connectivity index (χ3n) is 2.80. The minimum atomic E-state index is -0.353. The zero-order valence-electron chi connectivity index (χ0n) is 12.6. The number of aromatic nitrogens is 3. The number of nitrogens with zero attached hydrogens (tertiary/aromatic N) is 4. The molecule has 7 nitrogen and oxygen atoms in total. The van der Waals surface area contributed by atoms with E-state index in [2.05, 4.69) is 39.7 Å². The van der Waals surface area contributed by atoms with Gasteiger partial charge in [-0.05, 0) is 7.05 Å². The Morgan fingerprint density at radius 1 is 1.43 bits per heavy atom. The minimum absolute atomic E-state index is 0.0525. The summed E-state index contributed by atoms with van der Waals surface area (Å²) in [4.78, 5) is 22.0. The second kappa shape index (κ2) is 6.77. The molecular formula is C13H19N5O2S. The van der Waals surface area contributed by atoms with Crippen LogP contribution in [-0.4, -0.2) is 40.0 Å². The minimum Gasteiger partial charge on any atom is -0.352 e. The number of hydrogen-bond donors (Lipinski definition) is 1. The zero-order valence-corrected chi connectivity index (χ0v) is 13.4. The molecule has 0 atom stereocenters. The Morgan fingerprint density at radius 2 is 2.19 bits per heavy atom. The first-order valence-electron chi connectivity index (χ1n) is 6.67. The van der Waals surface area contributed by atoms with E-state index in [1.54, 1.807) is 11.3 Å². The number of hydrogen-bond acceptors (Lipinski definition) is 7. The van der Waals surface area contributed by atoms with Gasteiger partial charge in [0.2, 0.25) is 5.89 Å². The largest absolute Gasteiger partial charge is 0.352 e. The lowest BCUT2D eigenvalue weighted by atomic mass is 10.2. The molecule has 2 aromatic heterocycles. The summed E-state index contributed by atoms with van der Waals surface area (Å²) < 4.78 is 5.06. The van der Waals surface area contributed by atoms with Crippen molar-refractivity contribution < 1.29 is 9.32 Å². The summed E-state index contributed by atoms with van der Waals surface area (Å²) in [6, 6.07) is 0. The van der Waals surface area contributed by atoms with Crippen LogP contribution in [0.25, 0.3) is 0 Å². The Kier molecular flexibility index (Phi) is 5.03. The molecule has 0 aliphatic heterocycles. The maximum absolute atomic E-state index is 11.4. The highest BCUT2D eigenvalue weighted by Gasteiger charge is 2.15. The molecule has 0 bridgehead atoms. The van der Waals surface area contributed by atoms with Crippen LogP contribution in [0, 0.1) is 0 Å². The summed E-state index contributed by atoms with van der Waals surface area (Å²) in [7, 11) is 3.47. The van der Waals surface area contributed by atoms with E-state index in [9.17, 15) is 4.79 Å². The molecule has 0 aliphatic rings.